The summed E-state index contributed by atoms with van der Waals surface area (Å²) in [6, 6.07) is 3.76. The van der Waals surface area contributed by atoms with Gasteiger partial charge in [0.15, 0.2) is 5.82 Å². The van der Waals surface area contributed by atoms with Gasteiger partial charge < -0.3 is 11.1 Å². The predicted octanol–water partition coefficient (Wildman–Crippen LogP) is 3.38. The molecule has 2 aromatic heterocycles. The van der Waals surface area contributed by atoms with Gasteiger partial charge in [0.1, 0.15) is 5.52 Å². The maximum absolute atomic E-state index is 5.80. The number of nitrogens with one attached hydrogen (secondary N) is 1. The Labute approximate surface area is 120 Å². The van der Waals surface area contributed by atoms with Crippen molar-refractivity contribution in [3.05, 3.63) is 18.3 Å². The Morgan fingerprint density at radius 1 is 1.30 bits per heavy atom. The average molecular weight is 273 g/mol. The maximum atomic E-state index is 5.80. The molecule has 0 unspecified atom stereocenters. The molecule has 108 valence electrons. The zero-order valence-electron chi connectivity index (χ0n) is 12.5. The third-order valence-corrected chi connectivity index (χ3v) is 3.75. The van der Waals surface area contributed by atoms with E-state index in [-0.39, 0.29) is 11.5 Å². The van der Waals surface area contributed by atoms with Gasteiger partial charge in [0.25, 0.3) is 0 Å². The van der Waals surface area contributed by atoms with Crippen molar-refractivity contribution in [1.82, 2.24) is 15.0 Å². The van der Waals surface area contributed by atoms with Crippen molar-refractivity contribution in [3.8, 4) is 0 Å². The molecule has 1 atom stereocenters. The van der Waals surface area contributed by atoms with E-state index in [4.69, 9.17) is 5.73 Å². The van der Waals surface area contributed by atoms with E-state index in [0.29, 0.717) is 0 Å². The number of rotatable bonds is 6. The number of anilines is 2. The SMILES string of the molecule is CCCC[C@@](C)(CC)Nc1nc(N)nc2cccnc12. The molecule has 0 saturated carbocycles. The fourth-order valence-corrected chi connectivity index (χ4v) is 2.25. The first-order chi connectivity index (χ1) is 9.58. The summed E-state index contributed by atoms with van der Waals surface area (Å²) in [4.78, 5) is 12.9. The fraction of sp³-hybridized carbons (Fsp3) is 0.533. The highest BCUT2D eigenvalue weighted by Crippen LogP contribution is 2.27. The molecule has 0 fully saturated rings. The summed E-state index contributed by atoms with van der Waals surface area (Å²) in [6.07, 6.45) is 6.23. The fourth-order valence-electron chi connectivity index (χ4n) is 2.25. The third-order valence-electron chi connectivity index (χ3n) is 3.75. The summed E-state index contributed by atoms with van der Waals surface area (Å²) in [5.74, 6) is 1.01. The molecule has 2 heterocycles. The molecule has 0 aromatic carbocycles. The van der Waals surface area contributed by atoms with Crippen LogP contribution in [0.25, 0.3) is 11.0 Å². The van der Waals surface area contributed by atoms with Crippen LogP contribution in [0.15, 0.2) is 18.3 Å². The summed E-state index contributed by atoms with van der Waals surface area (Å²) in [6.45, 7) is 6.61. The number of fused-ring (bicyclic) bond motifs is 1. The van der Waals surface area contributed by atoms with Crippen molar-refractivity contribution >= 4 is 22.8 Å². The molecule has 3 N–H and O–H groups in total. The number of unbranched alkanes of at least 4 members (excludes halogenated alkanes) is 1. The minimum absolute atomic E-state index is 0.00124. The minimum Gasteiger partial charge on any atom is -0.368 e. The van der Waals surface area contributed by atoms with E-state index in [1.807, 2.05) is 12.1 Å². The molecule has 0 bridgehead atoms. The van der Waals surface area contributed by atoms with Gasteiger partial charge in [-0.25, -0.2) is 4.98 Å². The number of nitrogens with zero attached hydrogens (tertiary/aromatic N) is 3. The molecular weight excluding hydrogens is 250 g/mol. The second-order valence-electron chi connectivity index (χ2n) is 5.44. The van der Waals surface area contributed by atoms with Crippen molar-refractivity contribution in [1.29, 1.82) is 0 Å². The lowest BCUT2D eigenvalue weighted by molar-refractivity contribution is 0.438. The van der Waals surface area contributed by atoms with Crippen LogP contribution >= 0.6 is 0 Å². The summed E-state index contributed by atoms with van der Waals surface area (Å²) in [5.41, 5.74) is 7.35. The zero-order valence-corrected chi connectivity index (χ0v) is 12.5. The molecule has 0 saturated heterocycles. The summed E-state index contributed by atoms with van der Waals surface area (Å²) in [7, 11) is 0. The number of hydrogen-bond acceptors (Lipinski definition) is 5. The number of hydrogen-bond donors (Lipinski definition) is 2. The van der Waals surface area contributed by atoms with E-state index >= 15 is 0 Å². The predicted molar refractivity (Wildman–Crippen MR) is 83.6 cm³/mol. The van der Waals surface area contributed by atoms with E-state index in [9.17, 15) is 0 Å². The molecule has 0 spiro atoms. The lowest BCUT2D eigenvalue weighted by Crippen LogP contribution is -2.34. The Bertz CT molecular complexity index is 583. The number of aromatic nitrogens is 3. The van der Waals surface area contributed by atoms with E-state index in [2.05, 4.69) is 41.0 Å². The first-order valence-corrected chi connectivity index (χ1v) is 7.24. The van der Waals surface area contributed by atoms with Crippen molar-refractivity contribution < 1.29 is 0 Å². The van der Waals surface area contributed by atoms with Gasteiger partial charge in [-0.15, -0.1) is 0 Å². The number of nitrogens with two attached hydrogens (primary N) is 1. The highest BCUT2D eigenvalue weighted by atomic mass is 15.1. The second-order valence-corrected chi connectivity index (χ2v) is 5.44. The van der Waals surface area contributed by atoms with E-state index < -0.39 is 0 Å². The van der Waals surface area contributed by atoms with E-state index in [1.54, 1.807) is 6.20 Å². The average Bonchev–Trinajstić information content (AvgIpc) is 2.45. The molecule has 0 aliphatic heterocycles. The lowest BCUT2D eigenvalue weighted by atomic mass is 9.92. The van der Waals surface area contributed by atoms with Gasteiger partial charge >= 0.3 is 0 Å². The minimum atomic E-state index is 0.00124. The van der Waals surface area contributed by atoms with Crippen LogP contribution in [0, 0.1) is 0 Å². The van der Waals surface area contributed by atoms with Gasteiger partial charge in [-0.1, -0.05) is 26.7 Å². The molecule has 2 rings (SSSR count). The first kappa shape index (κ1) is 14.5. The van der Waals surface area contributed by atoms with Crippen molar-refractivity contribution in [3.63, 3.8) is 0 Å². The smallest absolute Gasteiger partial charge is 0.222 e. The van der Waals surface area contributed by atoms with Crippen LogP contribution in [0.4, 0.5) is 11.8 Å². The molecule has 5 heteroatoms. The first-order valence-electron chi connectivity index (χ1n) is 7.24. The highest BCUT2D eigenvalue weighted by molar-refractivity contribution is 5.86. The summed E-state index contributed by atoms with van der Waals surface area (Å²) in [5, 5.41) is 3.53. The number of pyridine rings is 1. The third kappa shape index (κ3) is 3.15. The van der Waals surface area contributed by atoms with Crippen LogP contribution in [-0.2, 0) is 0 Å². The monoisotopic (exact) mass is 273 g/mol. The molecule has 0 radical (unpaired) electrons. The summed E-state index contributed by atoms with van der Waals surface area (Å²) >= 11 is 0. The normalized spacial score (nSPS) is 14.2. The van der Waals surface area contributed by atoms with Gasteiger partial charge in [-0.3, -0.25) is 4.98 Å². The van der Waals surface area contributed by atoms with Crippen LogP contribution < -0.4 is 11.1 Å². The van der Waals surface area contributed by atoms with Crippen LogP contribution in [-0.4, -0.2) is 20.5 Å². The molecule has 0 aliphatic carbocycles. The highest BCUT2D eigenvalue weighted by Gasteiger charge is 2.23. The quantitative estimate of drug-likeness (QED) is 0.843. The molecule has 2 aromatic rings. The second kappa shape index (κ2) is 6.03. The molecule has 5 nitrogen and oxygen atoms in total. The van der Waals surface area contributed by atoms with E-state index in [1.165, 1.54) is 12.8 Å². The Hall–Kier alpha value is -1.91. The molecule has 0 amide bonds. The van der Waals surface area contributed by atoms with Gasteiger partial charge in [0.2, 0.25) is 5.95 Å². The Morgan fingerprint density at radius 3 is 2.80 bits per heavy atom. The van der Waals surface area contributed by atoms with Gasteiger partial charge in [0.05, 0.1) is 5.52 Å². The largest absolute Gasteiger partial charge is 0.368 e. The van der Waals surface area contributed by atoms with Crippen LogP contribution in [0.3, 0.4) is 0 Å². The topological polar surface area (TPSA) is 76.7 Å². The Balaban J connectivity index is 2.36. The van der Waals surface area contributed by atoms with Crippen molar-refractivity contribution in [2.45, 2.75) is 52.0 Å². The molecule has 0 aliphatic rings. The zero-order chi connectivity index (χ0) is 14.6. The Morgan fingerprint density at radius 2 is 2.10 bits per heavy atom. The Kier molecular flexibility index (Phi) is 4.37. The number of nitrogen functional groups attached to an aromatic ring is 1. The maximum Gasteiger partial charge on any atom is 0.222 e. The van der Waals surface area contributed by atoms with Crippen LogP contribution in [0.2, 0.25) is 0 Å². The van der Waals surface area contributed by atoms with Gasteiger partial charge in [-0.05, 0) is 31.9 Å². The van der Waals surface area contributed by atoms with Crippen LogP contribution in [0.5, 0.6) is 0 Å². The standard InChI is InChI=1S/C15H23N5/c1-4-6-9-15(3,5-2)20-13-12-11(8-7-10-17-12)18-14(16)19-13/h7-8,10H,4-6,9H2,1-3H3,(H3,16,18,19,20)/t15-/m1/s1. The van der Waals surface area contributed by atoms with Gasteiger partial charge in [-0.2, -0.15) is 4.98 Å². The van der Waals surface area contributed by atoms with Crippen molar-refractivity contribution in [2.75, 3.05) is 11.1 Å². The van der Waals surface area contributed by atoms with Crippen LogP contribution in [0.1, 0.15) is 46.5 Å². The molecule has 20 heavy (non-hydrogen) atoms. The van der Waals surface area contributed by atoms with Crippen molar-refractivity contribution in [2.24, 2.45) is 0 Å². The summed E-state index contributed by atoms with van der Waals surface area (Å²) < 4.78 is 0. The lowest BCUT2D eigenvalue weighted by Gasteiger charge is -2.30. The van der Waals surface area contributed by atoms with E-state index in [0.717, 1.165) is 29.7 Å². The van der Waals surface area contributed by atoms with Gasteiger partial charge in [0, 0.05) is 11.7 Å². The molecular formula is C15H23N5.